The third kappa shape index (κ3) is 23.7. The van der Waals surface area contributed by atoms with Gasteiger partial charge in [-0.2, -0.15) is 0 Å². The van der Waals surface area contributed by atoms with Gasteiger partial charge in [0.05, 0.1) is 26.4 Å². The number of phosphoric ester groups is 2. The van der Waals surface area contributed by atoms with Crippen molar-refractivity contribution in [1.82, 2.24) is 0 Å². The van der Waals surface area contributed by atoms with Gasteiger partial charge in [0.2, 0.25) is 5.79 Å². The minimum Gasteiger partial charge on any atom is -0.394 e. The van der Waals surface area contributed by atoms with Gasteiger partial charge in [0, 0.05) is 0 Å². The van der Waals surface area contributed by atoms with Crippen molar-refractivity contribution in [3.63, 3.8) is 0 Å². The predicted octanol–water partition coefficient (Wildman–Crippen LogP) is -7.48. The van der Waals surface area contributed by atoms with Crippen LogP contribution in [0.3, 0.4) is 0 Å². The molecule has 26 heteroatoms. The smallest absolute Gasteiger partial charge is 0.394 e. The lowest BCUT2D eigenvalue weighted by Crippen LogP contribution is -2.47. The first-order chi connectivity index (χ1) is 17.4. The van der Waals surface area contributed by atoms with Gasteiger partial charge in [0.15, 0.2) is 18.7 Å². The van der Waals surface area contributed by atoms with Gasteiger partial charge in [0.25, 0.3) is 0 Å². The van der Waals surface area contributed by atoms with E-state index in [0.29, 0.717) is 0 Å². The maximum atomic E-state index is 10.7. The molecular formula is C13H31O23P3. The summed E-state index contributed by atoms with van der Waals surface area (Å²) in [6, 6.07) is 0. The Bertz CT molecular complexity index is 814. The third-order valence-electron chi connectivity index (χ3n) is 3.44. The van der Waals surface area contributed by atoms with Gasteiger partial charge >= 0.3 is 23.5 Å². The molecule has 1 fully saturated rings. The molecule has 236 valence electrons. The van der Waals surface area contributed by atoms with Crippen LogP contribution < -0.4 is 0 Å². The second-order valence-corrected chi connectivity index (χ2v) is 10.2. The molecule has 0 aromatic carbocycles. The summed E-state index contributed by atoms with van der Waals surface area (Å²) in [6.45, 7) is -3.18. The summed E-state index contributed by atoms with van der Waals surface area (Å²) in [5.41, 5.74) is 0. The molecule has 7 atom stereocenters. The van der Waals surface area contributed by atoms with Crippen LogP contribution in [0.4, 0.5) is 0 Å². The molecule has 0 aromatic heterocycles. The van der Waals surface area contributed by atoms with E-state index in [2.05, 4.69) is 13.8 Å². The summed E-state index contributed by atoms with van der Waals surface area (Å²) in [4.78, 5) is 74.7. The quantitative estimate of drug-likeness (QED) is 0.0730. The summed E-state index contributed by atoms with van der Waals surface area (Å²) >= 11 is 0. The molecule has 23 nitrogen and oxygen atoms in total. The van der Waals surface area contributed by atoms with Crippen molar-refractivity contribution in [3.8, 4) is 0 Å². The highest BCUT2D eigenvalue weighted by Crippen LogP contribution is 2.45. The molecule has 0 radical (unpaired) electrons. The molecule has 15 N–H and O–H groups in total. The predicted molar refractivity (Wildman–Crippen MR) is 116 cm³/mol. The Balaban J connectivity index is -0.000000557. The summed E-state index contributed by atoms with van der Waals surface area (Å²) in [7, 11) is -14.7. The van der Waals surface area contributed by atoms with Crippen LogP contribution in [-0.4, -0.2) is 157 Å². The molecule has 0 aliphatic carbocycles. The van der Waals surface area contributed by atoms with Crippen molar-refractivity contribution in [2.24, 2.45) is 0 Å². The number of aldehydes is 2. The lowest BCUT2D eigenvalue weighted by molar-refractivity contribution is -0.245. The second kappa shape index (κ2) is 19.4. The first-order valence-electron chi connectivity index (χ1n) is 9.49. The van der Waals surface area contributed by atoms with Crippen LogP contribution in [0.5, 0.6) is 0 Å². The van der Waals surface area contributed by atoms with Crippen molar-refractivity contribution in [2.75, 3.05) is 26.4 Å². The van der Waals surface area contributed by atoms with Gasteiger partial charge in [0.1, 0.15) is 30.5 Å². The molecule has 0 amide bonds. The molecule has 1 aliphatic heterocycles. The summed E-state index contributed by atoms with van der Waals surface area (Å²) in [5.74, 6) is -2.66. The summed E-state index contributed by atoms with van der Waals surface area (Å²) < 4.78 is 42.9. The Morgan fingerprint density at radius 3 is 1.54 bits per heavy atom. The zero-order valence-electron chi connectivity index (χ0n) is 19.3. The number of hydrogen-bond acceptors (Lipinski definition) is 16. The van der Waals surface area contributed by atoms with Crippen molar-refractivity contribution in [1.29, 1.82) is 0 Å². The van der Waals surface area contributed by atoms with Crippen molar-refractivity contribution >= 4 is 36.0 Å². The van der Waals surface area contributed by atoms with E-state index >= 15 is 0 Å². The average Bonchev–Trinajstić information content (AvgIpc) is 3.04. The fourth-order valence-electron chi connectivity index (χ4n) is 1.83. The Hall–Kier alpha value is -0.690. The maximum Gasteiger partial charge on any atom is 0.470 e. The van der Waals surface area contributed by atoms with Crippen LogP contribution in [0.25, 0.3) is 0 Å². The molecule has 0 spiro atoms. The zero-order chi connectivity index (χ0) is 31.8. The van der Waals surface area contributed by atoms with Crippen molar-refractivity contribution in [3.05, 3.63) is 0 Å². The van der Waals surface area contributed by atoms with E-state index in [9.17, 15) is 28.9 Å². The van der Waals surface area contributed by atoms with Crippen LogP contribution in [0.2, 0.25) is 0 Å². The van der Waals surface area contributed by atoms with E-state index < -0.39 is 92.3 Å². The number of aliphatic hydroxyl groups is 8. The molecule has 0 bridgehead atoms. The fourth-order valence-corrected chi connectivity index (χ4v) is 2.75. The van der Waals surface area contributed by atoms with Gasteiger partial charge in [-0.15, -0.1) is 0 Å². The molecule has 1 saturated heterocycles. The molecule has 0 saturated carbocycles. The number of rotatable bonds is 11. The number of phosphoric acid groups is 3. The van der Waals surface area contributed by atoms with Crippen LogP contribution in [0.15, 0.2) is 0 Å². The molecule has 1 aliphatic rings. The third-order valence-corrected chi connectivity index (χ3v) is 4.43. The fraction of sp³-hybridized carbons (Fsp3) is 0.846. The lowest BCUT2D eigenvalue weighted by Gasteiger charge is -2.27. The molecular weight excluding hydrogens is 617 g/mol. The molecule has 1 heterocycles. The van der Waals surface area contributed by atoms with E-state index in [4.69, 9.17) is 69.5 Å². The number of aliphatic hydroxyl groups excluding tert-OH is 7. The van der Waals surface area contributed by atoms with E-state index in [1.807, 2.05) is 0 Å². The molecule has 39 heavy (non-hydrogen) atoms. The van der Waals surface area contributed by atoms with Crippen molar-refractivity contribution in [2.45, 2.75) is 42.4 Å². The topological polar surface area (TPSA) is 416 Å². The van der Waals surface area contributed by atoms with Crippen LogP contribution in [0, 0.1) is 0 Å². The van der Waals surface area contributed by atoms with Crippen LogP contribution in [0.1, 0.15) is 0 Å². The highest BCUT2D eigenvalue weighted by molar-refractivity contribution is 7.46. The lowest BCUT2D eigenvalue weighted by atomic mass is 10.1. The largest absolute Gasteiger partial charge is 0.470 e. The van der Waals surface area contributed by atoms with Gasteiger partial charge in [-0.05, 0) is 0 Å². The van der Waals surface area contributed by atoms with E-state index in [1.54, 1.807) is 0 Å². The van der Waals surface area contributed by atoms with Crippen LogP contribution in [-0.2, 0) is 37.1 Å². The van der Waals surface area contributed by atoms with E-state index in [-0.39, 0.29) is 12.6 Å². The zero-order valence-corrected chi connectivity index (χ0v) is 21.9. The molecule has 1 unspecified atom stereocenters. The maximum absolute atomic E-state index is 10.7. The number of carbonyl (C=O) groups excluding carboxylic acids is 2. The van der Waals surface area contributed by atoms with Crippen molar-refractivity contribution < 1.29 is 112 Å². The minimum absolute atomic E-state index is 0.168. The highest BCUT2D eigenvalue weighted by atomic mass is 31.2. The normalized spacial score (nSPS) is 25.4. The monoisotopic (exact) mass is 648 g/mol. The van der Waals surface area contributed by atoms with Gasteiger partial charge in [-0.1, -0.05) is 0 Å². The van der Waals surface area contributed by atoms with Gasteiger partial charge in [-0.25, -0.2) is 13.7 Å². The standard InChI is InChI=1S/C6H14O12P2.C4H8O4.C3H6O3.H3O4P/c7-2-6(9)5(18-20(13,14)15)4(8)3(17-6)1-16-19(10,11)12;5-1-3(7)4(8)2-6;4-1-3(6)2-5;1-5(2,3)4/h3-5,7-9H,1-2H2,(H2,10,11,12)(H2,13,14,15);1,3-4,6-8H,2H2;1,3,5-6H,2H2;(H3,1,2,3,4)/t3-,4-,5+,6-;3-,4+;;/m10../s1. The summed E-state index contributed by atoms with van der Waals surface area (Å²) in [6.07, 6.45) is -9.08. The minimum atomic E-state index is -5.13. The first-order valence-corrected chi connectivity index (χ1v) is 14.1. The molecule has 1 rings (SSSR count). The van der Waals surface area contributed by atoms with Gasteiger partial charge < -0.3 is 89.4 Å². The average molecular weight is 648 g/mol. The Morgan fingerprint density at radius 1 is 0.846 bits per heavy atom. The van der Waals surface area contributed by atoms with E-state index in [1.165, 1.54) is 0 Å². The highest BCUT2D eigenvalue weighted by Gasteiger charge is 2.57. The van der Waals surface area contributed by atoms with Crippen LogP contribution >= 0.6 is 23.5 Å². The van der Waals surface area contributed by atoms with E-state index in [0.717, 1.165) is 0 Å². The summed E-state index contributed by atoms with van der Waals surface area (Å²) in [5, 5.41) is 69.1. The SMILES string of the molecule is O=CC(O)CO.O=C[C@H](O)[C@H](O)CO.O=P(O)(O)O.O=P(O)(O)OC[C@H]1O[C@](O)(CO)[C@@H](OP(=O)(O)O)[C@@H]1O. The second-order valence-electron chi connectivity index (χ2n) is 6.73. The Labute approximate surface area is 217 Å². The molecule has 0 aromatic rings. The Morgan fingerprint density at radius 2 is 1.31 bits per heavy atom. The number of carbonyl (C=O) groups is 2. The Kier molecular flexibility index (Phi) is 21.3. The number of hydrogen-bond donors (Lipinski definition) is 15. The first kappa shape index (κ1) is 42.8. The van der Waals surface area contributed by atoms with Gasteiger partial charge in [-0.3, -0.25) is 9.05 Å². The number of ether oxygens (including phenoxy) is 1.